The van der Waals surface area contributed by atoms with Crippen LogP contribution in [0.1, 0.15) is 18.4 Å². The Kier molecular flexibility index (Phi) is 5.23. The second-order valence-corrected chi connectivity index (χ2v) is 5.62. The van der Waals surface area contributed by atoms with Gasteiger partial charge in [-0.15, -0.1) is 0 Å². The Hall–Kier alpha value is -1.06. The summed E-state index contributed by atoms with van der Waals surface area (Å²) in [4.78, 5) is 14.2. The van der Waals surface area contributed by atoms with Crippen molar-refractivity contribution in [2.75, 3.05) is 26.7 Å². The number of nitrogens with one attached hydrogen (secondary N) is 1. The first kappa shape index (κ1) is 14.4. The van der Waals surface area contributed by atoms with E-state index in [9.17, 15) is 4.79 Å². The molecule has 1 amide bonds. The minimum Gasteiger partial charge on any atom is -0.342 e. The summed E-state index contributed by atoms with van der Waals surface area (Å²) < 4.78 is 0. The largest absolute Gasteiger partial charge is 0.342 e. The van der Waals surface area contributed by atoms with Crippen LogP contribution < -0.4 is 5.32 Å². The molecule has 1 aromatic rings. The first-order chi connectivity index (χ1) is 9.19. The third-order valence-corrected chi connectivity index (χ3v) is 3.94. The predicted molar refractivity (Wildman–Crippen MR) is 78.4 cm³/mol. The van der Waals surface area contributed by atoms with E-state index < -0.39 is 0 Å². The van der Waals surface area contributed by atoms with Gasteiger partial charge in [0.05, 0.1) is 6.42 Å². The van der Waals surface area contributed by atoms with Crippen molar-refractivity contribution in [3.05, 3.63) is 34.9 Å². The fraction of sp³-hybridized carbons (Fsp3) is 0.533. The Morgan fingerprint density at radius 3 is 2.79 bits per heavy atom. The highest BCUT2D eigenvalue weighted by atomic mass is 35.5. The summed E-state index contributed by atoms with van der Waals surface area (Å²) in [6, 6.07) is 7.55. The minimum atomic E-state index is 0.213. The van der Waals surface area contributed by atoms with Crippen molar-refractivity contribution in [3.63, 3.8) is 0 Å². The van der Waals surface area contributed by atoms with Gasteiger partial charge in [-0.25, -0.2) is 0 Å². The molecule has 3 nitrogen and oxygen atoms in total. The van der Waals surface area contributed by atoms with E-state index in [-0.39, 0.29) is 5.91 Å². The standard InChI is InChI=1S/C15H21ClN2O/c1-17-11-12-5-7-18(8-6-12)15(19)10-13-3-2-4-14(16)9-13/h2-4,9,12,17H,5-8,10-11H2,1H3. The Morgan fingerprint density at radius 2 is 2.16 bits per heavy atom. The van der Waals surface area contributed by atoms with Crippen LogP contribution in [-0.4, -0.2) is 37.5 Å². The Bertz CT molecular complexity index is 428. The molecule has 104 valence electrons. The van der Waals surface area contributed by atoms with Crippen LogP contribution in [0.5, 0.6) is 0 Å². The topological polar surface area (TPSA) is 32.3 Å². The van der Waals surface area contributed by atoms with E-state index in [0.717, 1.165) is 38.0 Å². The Morgan fingerprint density at radius 1 is 1.42 bits per heavy atom. The molecule has 1 N–H and O–H groups in total. The molecule has 0 saturated carbocycles. The average Bonchev–Trinajstić information content (AvgIpc) is 2.40. The van der Waals surface area contributed by atoms with Crippen molar-refractivity contribution in [2.45, 2.75) is 19.3 Å². The van der Waals surface area contributed by atoms with Crippen molar-refractivity contribution in [1.82, 2.24) is 10.2 Å². The zero-order valence-corrected chi connectivity index (χ0v) is 12.1. The molecule has 0 unspecified atom stereocenters. The number of hydrogen-bond donors (Lipinski definition) is 1. The molecule has 0 bridgehead atoms. The van der Waals surface area contributed by atoms with E-state index in [4.69, 9.17) is 11.6 Å². The maximum atomic E-state index is 12.2. The highest BCUT2D eigenvalue weighted by Gasteiger charge is 2.22. The van der Waals surface area contributed by atoms with Gasteiger partial charge in [0, 0.05) is 18.1 Å². The van der Waals surface area contributed by atoms with Crippen molar-refractivity contribution in [1.29, 1.82) is 0 Å². The van der Waals surface area contributed by atoms with Gasteiger partial charge in [-0.1, -0.05) is 23.7 Å². The molecule has 0 radical (unpaired) electrons. The average molecular weight is 281 g/mol. The van der Waals surface area contributed by atoms with Crippen LogP contribution in [0.3, 0.4) is 0 Å². The number of amides is 1. The lowest BCUT2D eigenvalue weighted by atomic mass is 9.96. The Balaban J connectivity index is 1.84. The summed E-state index contributed by atoms with van der Waals surface area (Å²) in [5.41, 5.74) is 0.995. The van der Waals surface area contributed by atoms with E-state index >= 15 is 0 Å². The number of nitrogens with zero attached hydrogens (tertiary/aromatic N) is 1. The molecular formula is C15H21ClN2O. The fourth-order valence-corrected chi connectivity index (χ4v) is 2.82. The van der Waals surface area contributed by atoms with Gasteiger partial charge in [0.2, 0.25) is 5.91 Å². The van der Waals surface area contributed by atoms with Gasteiger partial charge >= 0.3 is 0 Å². The number of rotatable bonds is 4. The summed E-state index contributed by atoms with van der Waals surface area (Å²) in [6.45, 7) is 2.81. The number of carbonyl (C=O) groups excluding carboxylic acids is 1. The molecule has 0 atom stereocenters. The molecule has 1 saturated heterocycles. The molecule has 2 rings (SSSR count). The van der Waals surface area contributed by atoms with Crippen molar-refractivity contribution in [3.8, 4) is 0 Å². The van der Waals surface area contributed by atoms with Gasteiger partial charge in [0.1, 0.15) is 0 Å². The van der Waals surface area contributed by atoms with E-state index in [2.05, 4.69) is 5.32 Å². The number of halogens is 1. The van der Waals surface area contributed by atoms with Gasteiger partial charge in [0.15, 0.2) is 0 Å². The summed E-state index contributed by atoms with van der Waals surface area (Å²) >= 11 is 5.94. The molecule has 1 aromatic carbocycles. The van der Waals surface area contributed by atoms with Crippen LogP contribution >= 0.6 is 11.6 Å². The lowest BCUT2D eigenvalue weighted by molar-refractivity contribution is -0.131. The molecule has 1 aliphatic heterocycles. The van der Waals surface area contributed by atoms with Gasteiger partial charge in [-0.3, -0.25) is 4.79 Å². The van der Waals surface area contributed by atoms with Crippen LogP contribution in [0.4, 0.5) is 0 Å². The van der Waals surface area contributed by atoms with Crippen molar-refractivity contribution < 1.29 is 4.79 Å². The number of piperidine rings is 1. The molecule has 19 heavy (non-hydrogen) atoms. The summed E-state index contributed by atoms with van der Waals surface area (Å²) in [5.74, 6) is 0.922. The van der Waals surface area contributed by atoms with Crippen LogP contribution in [0.15, 0.2) is 24.3 Å². The number of likely N-dealkylation sites (tertiary alicyclic amines) is 1. The van der Waals surface area contributed by atoms with Crippen LogP contribution in [0, 0.1) is 5.92 Å². The molecular weight excluding hydrogens is 260 g/mol. The van der Waals surface area contributed by atoms with Crippen molar-refractivity contribution >= 4 is 17.5 Å². The predicted octanol–water partition coefficient (Wildman–Crippen LogP) is 2.34. The second-order valence-electron chi connectivity index (χ2n) is 5.19. The maximum Gasteiger partial charge on any atom is 0.226 e. The normalized spacial score (nSPS) is 16.6. The number of carbonyl (C=O) groups is 1. The quantitative estimate of drug-likeness (QED) is 0.918. The van der Waals surface area contributed by atoms with E-state index in [0.29, 0.717) is 17.4 Å². The monoisotopic (exact) mass is 280 g/mol. The summed E-state index contributed by atoms with van der Waals surface area (Å²) in [5, 5.41) is 3.90. The molecule has 1 heterocycles. The van der Waals surface area contributed by atoms with Crippen LogP contribution in [0.2, 0.25) is 5.02 Å². The van der Waals surface area contributed by atoms with Crippen molar-refractivity contribution in [2.24, 2.45) is 5.92 Å². The fourth-order valence-electron chi connectivity index (χ4n) is 2.61. The smallest absolute Gasteiger partial charge is 0.226 e. The van der Waals surface area contributed by atoms with E-state index in [1.165, 1.54) is 0 Å². The van der Waals surface area contributed by atoms with Gasteiger partial charge in [-0.05, 0) is 50.0 Å². The van der Waals surface area contributed by atoms with Crippen LogP contribution in [0.25, 0.3) is 0 Å². The molecule has 0 spiro atoms. The SMILES string of the molecule is CNCC1CCN(C(=O)Cc2cccc(Cl)c2)CC1. The lowest BCUT2D eigenvalue weighted by Gasteiger charge is -2.32. The van der Waals surface area contributed by atoms with Crippen LogP contribution in [-0.2, 0) is 11.2 Å². The lowest BCUT2D eigenvalue weighted by Crippen LogP contribution is -2.41. The highest BCUT2D eigenvalue weighted by Crippen LogP contribution is 2.18. The zero-order chi connectivity index (χ0) is 13.7. The third-order valence-electron chi connectivity index (χ3n) is 3.70. The number of benzene rings is 1. The molecule has 4 heteroatoms. The minimum absolute atomic E-state index is 0.213. The second kappa shape index (κ2) is 6.92. The summed E-state index contributed by atoms with van der Waals surface area (Å²) in [6.07, 6.45) is 2.65. The zero-order valence-electron chi connectivity index (χ0n) is 11.4. The summed E-state index contributed by atoms with van der Waals surface area (Å²) in [7, 11) is 1.98. The van der Waals surface area contributed by atoms with Gasteiger partial charge < -0.3 is 10.2 Å². The van der Waals surface area contributed by atoms with Gasteiger partial charge in [0.25, 0.3) is 0 Å². The third kappa shape index (κ3) is 4.22. The molecule has 0 aliphatic carbocycles. The first-order valence-corrected chi connectivity index (χ1v) is 7.23. The Labute approximate surface area is 119 Å². The number of hydrogen-bond acceptors (Lipinski definition) is 2. The maximum absolute atomic E-state index is 12.2. The molecule has 1 aliphatic rings. The van der Waals surface area contributed by atoms with E-state index in [1.807, 2.05) is 36.2 Å². The highest BCUT2D eigenvalue weighted by molar-refractivity contribution is 6.30. The molecule has 0 aromatic heterocycles. The van der Waals surface area contributed by atoms with Gasteiger partial charge in [-0.2, -0.15) is 0 Å². The molecule has 1 fully saturated rings. The van der Waals surface area contributed by atoms with E-state index in [1.54, 1.807) is 0 Å². The first-order valence-electron chi connectivity index (χ1n) is 6.86.